The van der Waals surface area contributed by atoms with Gasteiger partial charge >= 0.3 is 0 Å². The van der Waals surface area contributed by atoms with Crippen LogP contribution < -0.4 is 15.4 Å². The standard InChI is InChI=1S/C17H29N3O3S.ClH/c1-13(18-5)12-19-16(21)10-11-20-24(22,23)15-8-6-14(7-9-15)17(2,3)4;/h6-9,13,18,20H,10-12H2,1-5H3,(H,19,21);1H. The number of sulfonamides is 1. The lowest BCUT2D eigenvalue weighted by molar-refractivity contribution is -0.121. The van der Waals surface area contributed by atoms with Crippen molar-refractivity contribution in [2.24, 2.45) is 0 Å². The van der Waals surface area contributed by atoms with E-state index >= 15 is 0 Å². The highest BCUT2D eigenvalue weighted by atomic mass is 35.5. The van der Waals surface area contributed by atoms with Gasteiger partial charge in [0.1, 0.15) is 0 Å². The first-order chi connectivity index (χ1) is 11.1. The molecule has 0 radical (unpaired) electrons. The molecule has 3 N–H and O–H groups in total. The van der Waals surface area contributed by atoms with Crippen molar-refractivity contribution in [1.82, 2.24) is 15.4 Å². The van der Waals surface area contributed by atoms with Gasteiger partial charge in [-0.25, -0.2) is 13.1 Å². The second-order valence-electron chi connectivity index (χ2n) is 6.92. The molecule has 0 aromatic heterocycles. The molecule has 0 heterocycles. The van der Waals surface area contributed by atoms with E-state index in [1.54, 1.807) is 12.1 Å². The number of carbonyl (C=O) groups excluding carboxylic acids is 1. The third-order valence-corrected chi connectivity index (χ3v) is 5.25. The van der Waals surface area contributed by atoms with E-state index in [4.69, 9.17) is 0 Å². The molecule has 0 aliphatic carbocycles. The first kappa shape index (κ1) is 23.9. The second kappa shape index (κ2) is 10.1. The van der Waals surface area contributed by atoms with E-state index in [2.05, 4.69) is 36.1 Å². The van der Waals surface area contributed by atoms with Crippen molar-refractivity contribution in [2.75, 3.05) is 20.1 Å². The second-order valence-corrected chi connectivity index (χ2v) is 8.68. The summed E-state index contributed by atoms with van der Waals surface area (Å²) in [7, 11) is -1.78. The Kier molecular flexibility index (Phi) is 9.64. The minimum atomic E-state index is -3.60. The van der Waals surface area contributed by atoms with E-state index < -0.39 is 10.0 Å². The SMILES string of the molecule is CNC(C)CNC(=O)CCNS(=O)(=O)c1ccc(C(C)(C)C)cc1.Cl. The Balaban J connectivity index is 0.00000576. The van der Waals surface area contributed by atoms with Gasteiger partial charge in [0.05, 0.1) is 4.90 Å². The largest absolute Gasteiger partial charge is 0.355 e. The third-order valence-electron chi connectivity index (χ3n) is 3.77. The summed E-state index contributed by atoms with van der Waals surface area (Å²) in [5, 5.41) is 5.76. The molecule has 1 aromatic rings. The summed E-state index contributed by atoms with van der Waals surface area (Å²) in [6.07, 6.45) is 0.107. The molecule has 1 aromatic carbocycles. The molecule has 1 amide bonds. The molecule has 8 heteroatoms. The minimum Gasteiger partial charge on any atom is -0.355 e. The molecule has 0 aliphatic rings. The number of carbonyl (C=O) groups is 1. The van der Waals surface area contributed by atoms with Crippen LogP contribution in [0.5, 0.6) is 0 Å². The van der Waals surface area contributed by atoms with Gasteiger partial charge in [-0.3, -0.25) is 4.79 Å². The highest BCUT2D eigenvalue weighted by molar-refractivity contribution is 7.89. The maximum absolute atomic E-state index is 12.2. The highest BCUT2D eigenvalue weighted by Crippen LogP contribution is 2.23. The van der Waals surface area contributed by atoms with E-state index in [1.807, 2.05) is 26.1 Å². The summed E-state index contributed by atoms with van der Waals surface area (Å²) >= 11 is 0. The Morgan fingerprint density at radius 1 is 1.16 bits per heavy atom. The van der Waals surface area contributed by atoms with Crippen LogP contribution in [-0.4, -0.2) is 40.5 Å². The first-order valence-electron chi connectivity index (χ1n) is 8.10. The van der Waals surface area contributed by atoms with Gasteiger partial charge in [0.2, 0.25) is 15.9 Å². The molecule has 144 valence electrons. The van der Waals surface area contributed by atoms with Crippen molar-refractivity contribution >= 4 is 28.3 Å². The van der Waals surface area contributed by atoms with Gasteiger partial charge in [0, 0.05) is 25.6 Å². The summed E-state index contributed by atoms with van der Waals surface area (Å²) in [6.45, 7) is 8.75. The van der Waals surface area contributed by atoms with E-state index in [0.29, 0.717) is 6.54 Å². The minimum absolute atomic E-state index is 0. The average Bonchev–Trinajstić information content (AvgIpc) is 2.51. The number of nitrogens with one attached hydrogen (secondary N) is 3. The number of halogens is 1. The van der Waals surface area contributed by atoms with Crippen LogP contribution in [0.3, 0.4) is 0 Å². The first-order valence-corrected chi connectivity index (χ1v) is 9.59. The lowest BCUT2D eigenvalue weighted by Gasteiger charge is -2.19. The van der Waals surface area contributed by atoms with Crippen molar-refractivity contribution < 1.29 is 13.2 Å². The van der Waals surface area contributed by atoms with Crippen LogP contribution in [-0.2, 0) is 20.2 Å². The number of hydrogen-bond acceptors (Lipinski definition) is 4. The van der Waals surface area contributed by atoms with Crippen LogP contribution in [0.25, 0.3) is 0 Å². The number of benzene rings is 1. The lowest BCUT2D eigenvalue weighted by atomic mass is 9.87. The van der Waals surface area contributed by atoms with Gasteiger partial charge in [0.25, 0.3) is 0 Å². The number of hydrogen-bond donors (Lipinski definition) is 3. The monoisotopic (exact) mass is 391 g/mol. The number of likely N-dealkylation sites (N-methyl/N-ethyl adjacent to an activating group) is 1. The molecule has 0 aliphatic heterocycles. The fourth-order valence-electron chi connectivity index (χ4n) is 1.97. The smallest absolute Gasteiger partial charge is 0.240 e. The predicted octanol–water partition coefficient (Wildman–Crippen LogP) is 1.80. The van der Waals surface area contributed by atoms with Gasteiger partial charge in [-0.2, -0.15) is 0 Å². The van der Waals surface area contributed by atoms with Crippen LogP contribution in [0.4, 0.5) is 0 Å². The van der Waals surface area contributed by atoms with Crippen molar-refractivity contribution in [3.63, 3.8) is 0 Å². The molecule has 25 heavy (non-hydrogen) atoms. The fraction of sp³-hybridized carbons (Fsp3) is 0.588. The molecule has 1 rings (SSSR count). The zero-order valence-corrected chi connectivity index (χ0v) is 17.2. The molecular formula is C17H30ClN3O3S. The van der Waals surface area contributed by atoms with Gasteiger partial charge in [0.15, 0.2) is 0 Å². The molecule has 0 bridgehead atoms. The Hall–Kier alpha value is -1.15. The molecule has 0 saturated heterocycles. The normalized spacial score (nSPS) is 13.0. The van der Waals surface area contributed by atoms with Gasteiger partial charge in [-0.15, -0.1) is 12.4 Å². The summed E-state index contributed by atoms with van der Waals surface area (Å²) in [6, 6.07) is 7.00. The molecule has 0 spiro atoms. The van der Waals surface area contributed by atoms with Crippen molar-refractivity contribution in [2.45, 2.75) is 50.5 Å². The van der Waals surface area contributed by atoms with Crippen molar-refractivity contribution in [3.8, 4) is 0 Å². The van der Waals surface area contributed by atoms with Crippen LogP contribution >= 0.6 is 12.4 Å². The topological polar surface area (TPSA) is 87.3 Å². The Morgan fingerprint density at radius 2 is 1.72 bits per heavy atom. The maximum Gasteiger partial charge on any atom is 0.240 e. The number of rotatable bonds is 8. The van der Waals surface area contributed by atoms with Crippen LogP contribution in [0.2, 0.25) is 0 Å². The summed E-state index contributed by atoms with van der Waals surface area (Å²) < 4.78 is 26.9. The third kappa shape index (κ3) is 8.18. The highest BCUT2D eigenvalue weighted by Gasteiger charge is 2.17. The van der Waals surface area contributed by atoms with Crippen LogP contribution in [0, 0.1) is 0 Å². The molecule has 1 atom stereocenters. The molecule has 6 nitrogen and oxygen atoms in total. The molecule has 0 fully saturated rings. The Morgan fingerprint density at radius 3 is 2.20 bits per heavy atom. The predicted molar refractivity (Wildman–Crippen MR) is 104 cm³/mol. The van der Waals surface area contributed by atoms with E-state index in [1.165, 1.54) is 0 Å². The lowest BCUT2D eigenvalue weighted by Crippen LogP contribution is -2.38. The van der Waals surface area contributed by atoms with Gasteiger partial charge < -0.3 is 10.6 Å². The average molecular weight is 392 g/mol. The fourth-order valence-corrected chi connectivity index (χ4v) is 3.01. The molecule has 1 unspecified atom stereocenters. The van der Waals surface area contributed by atoms with Crippen molar-refractivity contribution in [1.29, 1.82) is 0 Å². The molecular weight excluding hydrogens is 362 g/mol. The Labute approximate surface area is 157 Å². The van der Waals surface area contributed by atoms with Crippen LogP contribution in [0.1, 0.15) is 39.7 Å². The van der Waals surface area contributed by atoms with Crippen LogP contribution in [0.15, 0.2) is 29.2 Å². The van der Waals surface area contributed by atoms with E-state index in [9.17, 15) is 13.2 Å². The number of amides is 1. The van der Waals surface area contributed by atoms with Gasteiger partial charge in [-0.05, 0) is 37.1 Å². The van der Waals surface area contributed by atoms with E-state index in [-0.39, 0.29) is 47.6 Å². The summed E-state index contributed by atoms with van der Waals surface area (Å²) in [5.41, 5.74) is 1.04. The van der Waals surface area contributed by atoms with E-state index in [0.717, 1.165) is 5.56 Å². The Bertz CT molecular complexity index is 640. The summed E-state index contributed by atoms with van der Waals surface area (Å²) in [4.78, 5) is 11.9. The molecule has 0 saturated carbocycles. The van der Waals surface area contributed by atoms with Gasteiger partial charge in [-0.1, -0.05) is 32.9 Å². The zero-order valence-electron chi connectivity index (χ0n) is 15.5. The quantitative estimate of drug-likeness (QED) is 0.630. The summed E-state index contributed by atoms with van der Waals surface area (Å²) in [5.74, 6) is -0.178. The zero-order chi connectivity index (χ0) is 18.4. The van der Waals surface area contributed by atoms with Crippen molar-refractivity contribution in [3.05, 3.63) is 29.8 Å². The maximum atomic E-state index is 12.2.